The smallest absolute Gasteiger partial charge is 0.255 e. The van der Waals surface area contributed by atoms with E-state index in [9.17, 15) is 4.79 Å². The molecule has 0 saturated carbocycles. The summed E-state index contributed by atoms with van der Waals surface area (Å²) in [6, 6.07) is 5.33. The summed E-state index contributed by atoms with van der Waals surface area (Å²) in [7, 11) is 0. The summed E-state index contributed by atoms with van der Waals surface area (Å²) in [5, 5.41) is 0.434. The van der Waals surface area contributed by atoms with Crippen LogP contribution in [0.5, 0.6) is 0 Å². The molecule has 1 fully saturated rings. The van der Waals surface area contributed by atoms with Crippen LogP contribution in [0.3, 0.4) is 0 Å². The maximum atomic E-state index is 12.2. The van der Waals surface area contributed by atoms with Crippen LogP contribution in [0.1, 0.15) is 30.1 Å². The standard InChI is InChI=1S/C12H15ClN2O/c1-8-3-2-6-15(8)12(16)10-5-4-9(14)7-11(10)13/h4-5,7-8H,2-3,6,14H2,1H3. The number of nitrogens with zero attached hydrogens (tertiary/aromatic N) is 1. The number of hydrogen-bond acceptors (Lipinski definition) is 2. The molecule has 86 valence electrons. The topological polar surface area (TPSA) is 46.3 Å². The number of benzene rings is 1. The number of nitrogens with two attached hydrogens (primary N) is 1. The van der Waals surface area contributed by atoms with Crippen LogP contribution < -0.4 is 5.73 Å². The molecule has 2 N–H and O–H groups in total. The molecule has 1 atom stereocenters. The zero-order chi connectivity index (χ0) is 11.7. The molecule has 1 amide bonds. The summed E-state index contributed by atoms with van der Waals surface area (Å²) in [5.41, 5.74) is 6.72. The number of carbonyl (C=O) groups is 1. The number of amides is 1. The second-order valence-corrected chi connectivity index (χ2v) is 4.64. The van der Waals surface area contributed by atoms with Gasteiger partial charge in [0.1, 0.15) is 0 Å². The van der Waals surface area contributed by atoms with E-state index in [4.69, 9.17) is 17.3 Å². The largest absolute Gasteiger partial charge is 0.399 e. The Hall–Kier alpha value is -1.22. The fourth-order valence-electron chi connectivity index (χ4n) is 2.09. The molecule has 1 aromatic rings. The van der Waals surface area contributed by atoms with E-state index in [0.29, 0.717) is 22.3 Å². The lowest BCUT2D eigenvalue weighted by Gasteiger charge is -2.22. The van der Waals surface area contributed by atoms with E-state index in [1.807, 2.05) is 4.90 Å². The number of carbonyl (C=O) groups excluding carboxylic acids is 1. The van der Waals surface area contributed by atoms with Crippen molar-refractivity contribution >= 4 is 23.2 Å². The van der Waals surface area contributed by atoms with E-state index in [-0.39, 0.29) is 5.91 Å². The van der Waals surface area contributed by atoms with Gasteiger partial charge in [0.05, 0.1) is 10.6 Å². The molecule has 4 heteroatoms. The molecule has 0 aliphatic carbocycles. The highest BCUT2D eigenvalue weighted by molar-refractivity contribution is 6.34. The summed E-state index contributed by atoms with van der Waals surface area (Å²) in [6.07, 6.45) is 2.14. The Morgan fingerprint density at radius 3 is 2.88 bits per heavy atom. The van der Waals surface area contributed by atoms with Gasteiger partial charge >= 0.3 is 0 Å². The minimum absolute atomic E-state index is 0.00926. The second kappa shape index (κ2) is 4.34. The van der Waals surface area contributed by atoms with E-state index in [1.54, 1.807) is 18.2 Å². The molecule has 1 unspecified atom stereocenters. The average molecular weight is 239 g/mol. The molecule has 3 nitrogen and oxygen atoms in total. The Morgan fingerprint density at radius 1 is 1.56 bits per heavy atom. The Morgan fingerprint density at radius 2 is 2.31 bits per heavy atom. The number of likely N-dealkylation sites (tertiary alicyclic amines) is 1. The maximum absolute atomic E-state index is 12.2. The van der Waals surface area contributed by atoms with Crippen molar-refractivity contribution in [3.8, 4) is 0 Å². The van der Waals surface area contributed by atoms with Gasteiger partial charge in [-0.3, -0.25) is 4.79 Å². The van der Waals surface area contributed by atoms with Crippen LogP contribution >= 0.6 is 11.6 Å². The van der Waals surface area contributed by atoms with Crippen molar-refractivity contribution in [1.82, 2.24) is 4.90 Å². The van der Waals surface area contributed by atoms with Gasteiger partial charge in [0.15, 0.2) is 0 Å². The van der Waals surface area contributed by atoms with Crippen LogP contribution in [-0.2, 0) is 0 Å². The zero-order valence-corrected chi connectivity index (χ0v) is 10.00. The predicted molar refractivity (Wildman–Crippen MR) is 65.6 cm³/mol. The third-order valence-electron chi connectivity index (χ3n) is 3.04. The molecule has 1 saturated heterocycles. The van der Waals surface area contributed by atoms with Crippen LogP contribution in [0.4, 0.5) is 5.69 Å². The van der Waals surface area contributed by atoms with Crippen molar-refractivity contribution < 1.29 is 4.79 Å². The third-order valence-corrected chi connectivity index (χ3v) is 3.35. The lowest BCUT2D eigenvalue weighted by molar-refractivity contribution is 0.0747. The SMILES string of the molecule is CC1CCCN1C(=O)c1ccc(N)cc1Cl. The number of nitrogen functional groups attached to an aromatic ring is 1. The van der Waals surface area contributed by atoms with Crippen LogP contribution in [0.2, 0.25) is 5.02 Å². The van der Waals surface area contributed by atoms with E-state index < -0.39 is 0 Å². The fraction of sp³-hybridized carbons (Fsp3) is 0.417. The van der Waals surface area contributed by atoms with Crippen LogP contribution in [-0.4, -0.2) is 23.4 Å². The normalized spacial score (nSPS) is 20.1. The van der Waals surface area contributed by atoms with Gasteiger partial charge in [-0.1, -0.05) is 11.6 Å². The van der Waals surface area contributed by atoms with Crippen LogP contribution in [0, 0.1) is 0 Å². The highest BCUT2D eigenvalue weighted by Crippen LogP contribution is 2.24. The number of rotatable bonds is 1. The number of halogens is 1. The van der Waals surface area contributed by atoms with E-state index >= 15 is 0 Å². The van der Waals surface area contributed by atoms with Crippen molar-refractivity contribution in [1.29, 1.82) is 0 Å². The molecular weight excluding hydrogens is 224 g/mol. The minimum Gasteiger partial charge on any atom is -0.399 e. The van der Waals surface area contributed by atoms with Gasteiger partial charge in [0.2, 0.25) is 0 Å². The van der Waals surface area contributed by atoms with E-state index in [1.165, 1.54) is 0 Å². The first-order valence-electron chi connectivity index (χ1n) is 5.45. The highest BCUT2D eigenvalue weighted by atomic mass is 35.5. The Balaban J connectivity index is 2.27. The monoisotopic (exact) mass is 238 g/mol. The van der Waals surface area contributed by atoms with Gasteiger partial charge in [-0.15, -0.1) is 0 Å². The van der Waals surface area contributed by atoms with Gasteiger partial charge in [-0.2, -0.15) is 0 Å². The van der Waals surface area contributed by atoms with E-state index in [2.05, 4.69) is 6.92 Å². The summed E-state index contributed by atoms with van der Waals surface area (Å²) in [5.74, 6) is 0.00926. The van der Waals surface area contributed by atoms with Crippen molar-refractivity contribution in [2.75, 3.05) is 12.3 Å². The summed E-state index contributed by atoms with van der Waals surface area (Å²) >= 11 is 6.02. The first kappa shape index (κ1) is 11.3. The molecular formula is C12H15ClN2O. The molecule has 0 spiro atoms. The van der Waals surface area contributed by atoms with Crippen molar-refractivity contribution in [3.63, 3.8) is 0 Å². The summed E-state index contributed by atoms with van der Waals surface area (Å²) in [6.45, 7) is 2.89. The van der Waals surface area contributed by atoms with Gasteiger partial charge in [-0.05, 0) is 38.0 Å². The Kier molecular flexibility index (Phi) is 3.06. The molecule has 1 aliphatic rings. The first-order chi connectivity index (χ1) is 7.59. The first-order valence-corrected chi connectivity index (χ1v) is 5.83. The number of anilines is 1. The minimum atomic E-state index is 0.00926. The number of hydrogen-bond donors (Lipinski definition) is 1. The zero-order valence-electron chi connectivity index (χ0n) is 9.24. The fourth-order valence-corrected chi connectivity index (χ4v) is 2.36. The van der Waals surface area contributed by atoms with Gasteiger partial charge in [0, 0.05) is 18.3 Å². The van der Waals surface area contributed by atoms with Crippen LogP contribution in [0.25, 0.3) is 0 Å². The summed E-state index contributed by atoms with van der Waals surface area (Å²) < 4.78 is 0. The van der Waals surface area contributed by atoms with Gasteiger partial charge < -0.3 is 10.6 Å². The lowest BCUT2D eigenvalue weighted by Crippen LogP contribution is -2.33. The van der Waals surface area contributed by atoms with Gasteiger partial charge in [-0.25, -0.2) is 0 Å². The Labute approximate surface area is 100 Å². The molecule has 2 rings (SSSR count). The second-order valence-electron chi connectivity index (χ2n) is 4.23. The van der Waals surface area contributed by atoms with E-state index in [0.717, 1.165) is 19.4 Å². The summed E-state index contributed by atoms with van der Waals surface area (Å²) in [4.78, 5) is 14.1. The molecule has 16 heavy (non-hydrogen) atoms. The molecule has 0 aromatic heterocycles. The predicted octanol–water partition coefficient (Wildman–Crippen LogP) is 2.55. The Bertz CT molecular complexity index is 419. The van der Waals surface area contributed by atoms with Crippen molar-refractivity contribution in [2.24, 2.45) is 0 Å². The third kappa shape index (κ3) is 2.00. The average Bonchev–Trinajstić information content (AvgIpc) is 2.63. The molecule has 1 aromatic carbocycles. The molecule has 1 aliphatic heterocycles. The quantitative estimate of drug-likeness (QED) is 0.765. The van der Waals surface area contributed by atoms with Crippen molar-refractivity contribution in [2.45, 2.75) is 25.8 Å². The highest BCUT2D eigenvalue weighted by Gasteiger charge is 2.27. The van der Waals surface area contributed by atoms with Gasteiger partial charge in [0.25, 0.3) is 5.91 Å². The molecule has 1 heterocycles. The molecule has 0 radical (unpaired) electrons. The lowest BCUT2D eigenvalue weighted by atomic mass is 10.1. The van der Waals surface area contributed by atoms with Crippen molar-refractivity contribution in [3.05, 3.63) is 28.8 Å². The molecule has 0 bridgehead atoms. The van der Waals surface area contributed by atoms with Crippen LogP contribution in [0.15, 0.2) is 18.2 Å². The maximum Gasteiger partial charge on any atom is 0.255 e.